The summed E-state index contributed by atoms with van der Waals surface area (Å²) in [6.45, 7) is 3.41. The van der Waals surface area contributed by atoms with E-state index in [0.29, 0.717) is 0 Å². The number of hydrogen-bond donors (Lipinski definition) is 3. The van der Waals surface area contributed by atoms with Gasteiger partial charge in [-0.15, -0.1) is 0 Å². The van der Waals surface area contributed by atoms with Crippen LogP contribution in [0.25, 0.3) is 0 Å². The molecule has 1 aromatic rings. The Morgan fingerprint density at radius 3 is 2.42 bits per heavy atom. The minimum atomic E-state index is -0.856. The van der Waals surface area contributed by atoms with E-state index in [1.165, 1.54) is 0 Å². The van der Waals surface area contributed by atoms with Gasteiger partial charge in [-0.05, 0) is 38.2 Å². The third kappa shape index (κ3) is 2.80. The number of nitrogens with one attached hydrogen (secondary N) is 1. The molecule has 1 amide bonds. The van der Waals surface area contributed by atoms with E-state index in [1.54, 1.807) is 6.92 Å². The maximum Gasteiger partial charge on any atom is 0.240 e. The normalized spacial score (nSPS) is 21.3. The number of aliphatic hydroxyl groups is 1. The highest BCUT2D eigenvalue weighted by Gasteiger charge is 2.45. The molecule has 0 bridgehead atoms. The molecule has 0 saturated heterocycles. The summed E-state index contributed by atoms with van der Waals surface area (Å²) in [5.74, 6) is 0.0571. The van der Waals surface area contributed by atoms with E-state index < -0.39 is 11.1 Å². The van der Waals surface area contributed by atoms with Crippen molar-refractivity contribution in [3.8, 4) is 0 Å². The lowest BCUT2D eigenvalue weighted by atomic mass is 9.89. The number of aliphatic hydroxyl groups excluding tert-OH is 1. The van der Waals surface area contributed by atoms with Crippen molar-refractivity contribution in [1.29, 1.82) is 0 Å². The monoisotopic (exact) mass is 262 g/mol. The SMILES string of the molecule is CC(CO)(NC(=O)C(C)(N)C1CC1)c1ccccc1. The number of carbonyl (C=O) groups is 1. The van der Waals surface area contributed by atoms with Crippen LogP contribution in [0, 0.1) is 5.92 Å². The molecule has 0 aliphatic heterocycles. The summed E-state index contributed by atoms with van der Waals surface area (Å²) in [5, 5.41) is 12.6. The number of amides is 1. The van der Waals surface area contributed by atoms with Gasteiger partial charge in [-0.3, -0.25) is 4.79 Å². The van der Waals surface area contributed by atoms with Crippen molar-refractivity contribution in [3.63, 3.8) is 0 Å². The summed E-state index contributed by atoms with van der Waals surface area (Å²) in [7, 11) is 0. The second-order valence-electron chi connectivity index (χ2n) is 5.87. The minimum Gasteiger partial charge on any atom is -0.394 e. The highest BCUT2D eigenvalue weighted by Crippen LogP contribution is 2.38. The van der Waals surface area contributed by atoms with E-state index in [2.05, 4.69) is 5.32 Å². The van der Waals surface area contributed by atoms with Gasteiger partial charge in [0.15, 0.2) is 0 Å². The molecule has 1 saturated carbocycles. The van der Waals surface area contributed by atoms with Gasteiger partial charge < -0.3 is 16.2 Å². The molecule has 2 unspecified atom stereocenters. The zero-order chi connectivity index (χ0) is 14.1. The van der Waals surface area contributed by atoms with Gasteiger partial charge >= 0.3 is 0 Å². The Bertz CT molecular complexity index is 454. The first-order valence-corrected chi connectivity index (χ1v) is 6.68. The largest absolute Gasteiger partial charge is 0.394 e. The van der Waals surface area contributed by atoms with Crippen LogP contribution in [0.15, 0.2) is 30.3 Å². The molecule has 1 aliphatic carbocycles. The molecule has 0 heterocycles. The average Bonchev–Trinajstić information content (AvgIpc) is 3.24. The first-order chi connectivity index (χ1) is 8.90. The molecular weight excluding hydrogens is 240 g/mol. The predicted molar refractivity (Wildman–Crippen MR) is 74.3 cm³/mol. The molecule has 1 aromatic carbocycles. The van der Waals surface area contributed by atoms with Crippen LogP contribution >= 0.6 is 0 Å². The number of hydrogen-bond acceptors (Lipinski definition) is 3. The summed E-state index contributed by atoms with van der Waals surface area (Å²) in [5.41, 5.74) is 5.33. The molecule has 104 valence electrons. The van der Waals surface area contributed by atoms with Crippen LogP contribution in [0.5, 0.6) is 0 Å². The molecule has 2 rings (SSSR count). The van der Waals surface area contributed by atoms with Crippen molar-refractivity contribution >= 4 is 5.91 Å². The molecule has 2 atom stereocenters. The summed E-state index contributed by atoms with van der Waals surface area (Å²) < 4.78 is 0. The van der Waals surface area contributed by atoms with Gasteiger partial charge in [-0.1, -0.05) is 30.3 Å². The van der Waals surface area contributed by atoms with Crippen molar-refractivity contribution in [2.45, 2.75) is 37.8 Å². The number of nitrogens with two attached hydrogens (primary N) is 1. The summed E-state index contributed by atoms with van der Waals surface area (Å²) in [4.78, 5) is 12.3. The maximum absolute atomic E-state index is 12.3. The highest BCUT2D eigenvalue weighted by molar-refractivity contribution is 5.87. The fraction of sp³-hybridized carbons (Fsp3) is 0.533. The molecule has 1 aliphatic rings. The quantitative estimate of drug-likeness (QED) is 0.745. The number of benzene rings is 1. The van der Waals surface area contributed by atoms with E-state index in [4.69, 9.17) is 5.73 Å². The van der Waals surface area contributed by atoms with Gasteiger partial charge in [0.2, 0.25) is 5.91 Å². The Balaban J connectivity index is 2.17. The maximum atomic E-state index is 12.3. The van der Waals surface area contributed by atoms with Gasteiger partial charge in [0, 0.05) is 0 Å². The van der Waals surface area contributed by atoms with Crippen molar-refractivity contribution < 1.29 is 9.90 Å². The standard InChI is InChI=1S/C15H22N2O2/c1-14(10-18,11-6-4-3-5-7-11)17-13(19)15(2,16)12-8-9-12/h3-7,12,18H,8-10,16H2,1-2H3,(H,17,19). The van der Waals surface area contributed by atoms with Crippen molar-refractivity contribution in [2.24, 2.45) is 11.7 Å². The van der Waals surface area contributed by atoms with Crippen LogP contribution < -0.4 is 11.1 Å². The lowest BCUT2D eigenvalue weighted by Crippen LogP contribution is -2.59. The van der Waals surface area contributed by atoms with Gasteiger partial charge in [0.1, 0.15) is 0 Å². The second kappa shape index (κ2) is 4.94. The van der Waals surface area contributed by atoms with E-state index >= 15 is 0 Å². The summed E-state index contributed by atoms with van der Waals surface area (Å²) in [6.07, 6.45) is 2.00. The molecule has 4 N–H and O–H groups in total. The average molecular weight is 262 g/mol. The summed E-state index contributed by atoms with van der Waals surface area (Å²) >= 11 is 0. The van der Waals surface area contributed by atoms with Crippen LogP contribution in [0.3, 0.4) is 0 Å². The number of rotatable bonds is 5. The van der Waals surface area contributed by atoms with E-state index in [-0.39, 0.29) is 18.4 Å². The third-order valence-corrected chi connectivity index (χ3v) is 4.03. The zero-order valence-electron chi connectivity index (χ0n) is 11.5. The van der Waals surface area contributed by atoms with Gasteiger partial charge in [-0.2, -0.15) is 0 Å². The molecule has 0 radical (unpaired) electrons. The van der Waals surface area contributed by atoms with Crippen LogP contribution in [0.2, 0.25) is 0 Å². The lowest BCUT2D eigenvalue weighted by molar-refractivity contribution is -0.129. The Morgan fingerprint density at radius 1 is 1.37 bits per heavy atom. The zero-order valence-corrected chi connectivity index (χ0v) is 11.5. The molecule has 0 aromatic heterocycles. The van der Waals surface area contributed by atoms with E-state index in [9.17, 15) is 9.90 Å². The Morgan fingerprint density at radius 2 is 1.95 bits per heavy atom. The fourth-order valence-corrected chi connectivity index (χ4v) is 2.26. The van der Waals surface area contributed by atoms with Crippen molar-refractivity contribution in [1.82, 2.24) is 5.32 Å². The lowest BCUT2D eigenvalue weighted by Gasteiger charge is -2.34. The number of carbonyl (C=O) groups excluding carboxylic acids is 1. The minimum absolute atomic E-state index is 0.163. The Kier molecular flexibility index (Phi) is 3.65. The van der Waals surface area contributed by atoms with Gasteiger partial charge in [0.25, 0.3) is 0 Å². The Labute approximate surface area is 114 Å². The third-order valence-electron chi connectivity index (χ3n) is 4.03. The predicted octanol–water partition coefficient (Wildman–Crippen LogP) is 1.14. The highest BCUT2D eigenvalue weighted by atomic mass is 16.3. The van der Waals surface area contributed by atoms with Gasteiger partial charge in [0.05, 0.1) is 17.7 Å². The van der Waals surface area contributed by atoms with Crippen molar-refractivity contribution in [3.05, 3.63) is 35.9 Å². The summed E-state index contributed by atoms with van der Waals surface area (Å²) in [6, 6.07) is 9.46. The van der Waals surface area contributed by atoms with Crippen LogP contribution in [0.1, 0.15) is 32.3 Å². The molecular formula is C15H22N2O2. The van der Waals surface area contributed by atoms with Crippen LogP contribution in [-0.4, -0.2) is 23.2 Å². The topological polar surface area (TPSA) is 75.3 Å². The van der Waals surface area contributed by atoms with Crippen LogP contribution in [0.4, 0.5) is 0 Å². The Hall–Kier alpha value is -1.39. The molecule has 1 fully saturated rings. The first-order valence-electron chi connectivity index (χ1n) is 6.68. The molecule has 19 heavy (non-hydrogen) atoms. The van der Waals surface area contributed by atoms with Crippen molar-refractivity contribution in [2.75, 3.05) is 6.61 Å². The molecule has 0 spiro atoms. The molecule has 4 heteroatoms. The van der Waals surface area contributed by atoms with Gasteiger partial charge in [-0.25, -0.2) is 0 Å². The second-order valence-corrected chi connectivity index (χ2v) is 5.87. The molecule has 4 nitrogen and oxygen atoms in total. The van der Waals surface area contributed by atoms with Crippen LogP contribution in [-0.2, 0) is 10.3 Å². The fourth-order valence-electron chi connectivity index (χ4n) is 2.26. The first kappa shape index (κ1) is 14.0. The van der Waals surface area contributed by atoms with E-state index in [1.807, 2.05) is 37.3 Å². The smallest absolute Gasteiger partial charge is 0.240 e. The van der Waals surface area contributed by atoms with E-state index in [0.717, 1.165) is 18.4 Å².